The Morgan fingerprint density at radius 1 is 1.09 bits per heavy atom. The van der Waals surface area contributed by atoms with Gasteiger partial charge in [-0.2, -0.15) is 0 Å². The first-order chi connectivity index (χ1) is 10.5. The van der Waals surface area contributed by atoms with Gasteiger partial charge in [0.25, 0.3) is 0 Å². The van der Waals surface area contributed by atoms with Crippen molar-refractivity contribution >= 4 is 24.9 Å². The summed E-state index contributed by atoms with van der Waals surface area (Å²) in [4.78, 5) is 12.8. The van der Waals surface area contributed by atoms with Crippen LogP contribution in [0.25, 0.3) is 0 Å². The molecule has 0 aliphatic rings. The van der Waals surface area contributed by atoms with Gasteiger partial charge >= 0.3 is 7.82 Å². The van der Waals surface area contributed by atoms with Gasteiger partial charge < -0.3 is 9.26 Å². The molecule has 1 aromatic heterocycles. The second-order valence-corrected chi connectivity index (χ2v) is 6.88. The van der Waals surface area contributed by atoms with Gasteiger partial charge in [0.1, 0.15) is 4.88 Å². The highest BCUT2D eigenvalue weighted by Gasteiger charge is 2.29. The van der Waals surface area contributed by atoms with Crippen molar-refractivity contribution in [3.05, 3.63) is 46.8 Å². The smallest absolute Gasteiger partial charge is 0.487 e. The number of ketones is 1. The van der Waals surface area contributed by atoms with E-state index >= 15 is 0 Å². The summed E-state index contributed by atoms with van der Waals surface area (Å²) in [6.07, 6.45) is 0. The van der Waals surface area contributed by atoms with Crippen LogP contribution in [-0.2, 0) is 13.6 Å². The molecule has 22 heavy (non-hydrogen) atoms. The molecule has 0 aliphatic heterocycles. The van der Waals surface area contributed by atoms with E-state index in [0.717, 1.165) is 11.3 Å². The maximum atomic E-state index is 12.6. The van der Waals surface area contributed by atoms with Crippen LogP contribution in [0.2, 0.25) is 0 Å². The lowest BCUT2D eigenvalue weighted by atomic mass is 10.1. The van der Waals surface area contributed by atoms with Gasteiger partial charge in [-0.15, -0.1) is 0 Å². The quantitative estimate of drug-likeness (QED) is 0.563. The van der Waals surface area contributed by atoms with Crippen molar-refractivity contribution in [1.82, 2.24) is 0 Å². The van der Waals surface area contributed by atoms with Gasteiger partial charge in [0.2, 0.25) is 5.78 Å². The molecule has 0 amide bonds. The van der Waals surface area contributed by atoms with Crippen LogP contribution in [-0.4, -0.2) is 27.1 Å². The molecule has 0 radical (unpaired) electrons. The number of ether oxygens (including phenoxy) is 1. The highest BCUT2D eigenvalue weighted by molar-refractivity contribution is 7.48. The second-order valence-electron chi connectivity index (χ2n) is 4.06. The molecule has 0 fully saturated rings. The number of phosphoric ester groups is 1. The number of hydrogen-bond donors (Lipinski definition) is 0. The summed E-state index contributed by atoms with van der Waals surface area (Å²) in [6.45, 7) is 0. The molecule has 0 unspecified atom stereocenters. The zero-order valence-electron chi connectivity index (χ0n) is 12.3. The molecular weight excluding hydrogens is 327 g/mol. The average molecular weight is 342 g/mol. The van der Waals surface area contributed by atoms with Gasteiger partial charge in [0.15, 0.2) is 10.8 Å². The zero-order chi connectivity index (χ0) is 16.2. The Balaban J connectivity index is 2.41. The summed E-state index contributed by atoms with van der Waals surface area (Å²) < 4.78 is 32.0. The summed E-state index contributed by atoms with van der Waals surface area (Å²) in [5.74, 6) is -0.162. The van der Waals surface area contributed by atoms with Crippen LogP contribution in [0.5, 0.6) is 10.8 Å². The fourth-order valence-electron chi connectivity index (χ4n) is 1.67. The normalized spacial score (nSPS) is 11.2. The molecule has 0 N–H and O–H groups in total. The van der Waals surface area contributed by atoms with Crippen molar-refractivity contribution in [2.24, 2.45) is 0 Å². The van der Waals surface area contributed by atoms with Crippen molar-refractivity contribution in [2.75, 3.05) is 21.3 Å². The lowest BCUT2D eigenvalue weighted by Gasteiger charge is -2.14. The molecule has 8 heteroatoms. The van der Waals surface area contributed by atoms with E-state index in [-0.39, 0.29) is 16.4 Å². The summed E-state index contributed by atoms with van der Waals surface area (Å²) in [6, 6.07) is 10.2. The first-order valence-corrected chi connectivity index (χ1v) is 8.49. The average Bonchev–Trinajstić information content (AvgIpc) is 2.97. The van der Waals surface area contributed by atoms with Crippen LogP contribution in [0.4, 0.5) is 0 Å². The number of carbonyl (C=O) groups excluding carboxylic acids is 1. The Labute approximate surface area is 132 Å². The van der Waals surface area contributed by atoms with Crippen LogP contribution >= 0.6 is 19.2 Å². The number of rotatable bonds is 7. The Bertz CT molecular complexity index is 689. The largest absolute Gasteiger partial charge is 0.529 e. The Morgan fingerprint density at radius 3 is 2.27 bits per heavy atom. The molecule has 1 heterocycles. The van der Waals surface area contributed by atoms with E-state index in [9.17, 15) is 9.36 Å². The fourth-order valence-corrected chi connectivity index (χ4v) is 3.28. The first kappa shape index (κ1) is 16.7. The molecule has 118 valence electrons. The Morgan fingerprint density at radius 2 is 1.73 bits per heavy atom. The van der Waals surface area contributed by atoms with E-state index in [1.165, 1.54) is 27.4 Å². The SMILES string of the molecule is COc1cc(OP(=O)(OC)OC)c(C(=O)c2ccccc2)s1. The summed E-state index contributed by atoms with van der Waals surface area (Å²) >= 11 is 1.10. The number of benzene rings is 1. The Kier molecular flexibility index (Phi) is 5.37. The van der Waals surface area contributed by atoms with E-state index in [0.29, 0.717) is 10.6 Å². The number of carbonyl (C=O) groups is 1. The van der Waals surface area contributed by atoms with E-state index < -0.39 is 7.82 Å². The van der Waals surface area contributed by atoms with Crippen molar-refractivity contribution < 1.29 is 27.7 Å². The summed E-state index contributed by atoms with van der Waals surface area (Å²) in [7, 11) is 0.113. The predicted octanol–water partition coefficient (Wildman–Crippen LogP) is 3.77. The van der Waals surface area contributed by atoms with E-state index in [1.54, 1.807) is 24.3 Å². The van der Waals surface area contributed by atoms with Crippen molar-refractivity contribution in [2.45, 2.75) is 0 Å². The van der Waals surface area contributed by atoms with Gasteiger partial charge in [-0.3, -0.25) is 13.8 Å². The first-order valence-electron chi connectivity index (χ1n) is 6.21. The number of thiophene rings is 1. The molecule has 0 aliphatic carbocycles. The molecular formula is C14H15O6PS. The zero-order valence-corrected chi connectivity index (χ0v) is 14.0. The van der Waals surface area contributed by atoms with Crippen LogP contribution in [0, 0.1) is 0 Å². The molecule has 0 saturated heterocycles. The topological polar surface area (TPSA) is 71.1 Å². The van der Waals surface area contributed by atoms with E-state index in [4.69, 9.17) is 18.3 Å². The third-order valence-corrected chi connectivity index (χ3v) is 5.17. The summed E-state index contributed by atoms with van der Waals surface area (Å²) in [5.41, 5.74) is 0.488. The maximum absolute atomic E-state index is 12.6. The van der Waals surface area contributed by atoms with E-state index in [1.807, 2.05) is 6.07 Å². The third kappa shape index (κ3) is 3.56. The number of hydrogen-bond acceptors (Lipinski definition) is 7. The predicted molar refractivity (Wildman–Crippen MR) is 83.0 cm³/mol. The van der Waals surface area contributed by atoms with Crippen LogP contribution in [0.15, 0.2) is 36.4 Å². The second kappa shape index (κ2) is 7.07. The van der Waals surface area contributed by atoms with Crippen molar-refractivity contribution in [1.29, 1.82) is 0 Å². The van der Waals surface area contributed by atoms with Crippen molar-refractivity contribution in [3.63, 3.8) is 0 Å². The van der Waals surface area contributed by atoms with E-state index in [2.05, 4.69) is 0 Å². The minimum Gasteiger partial charge on any atom is -0.487 e. The maximum Gasteiger partial charge on any atom is 0.529 e. The number of methoxy groups -OCH3 is 1. The third-order valence-electron chi connectivity index (χ3n) is 2.78. The monoisotopic (exact) mass is 342 g/mol. The lowest BCUT2D eigenvalue weighted by Crippen LogP contribution is -2.03. The highest BCUT2D eigenvalue weighted by atomic mass is 32.1. The molecule has 0 spiro atoms. The highest BCUT2D eigenvalue weighted by Crippen LogP contribution is 2.51. The molecule has 0 saturated carbocycles. The van der Waals surface area contributed by atoms with Crippen LogP contribution < -0.4 is 9.26 Å². The number of phosphoric acid groups is 1. The molecule has 0 bridgehead atoms. The van der Waals surface area contributed by atoms with Crippen LogP contribution in [0.3, 0.4) is 0 Å². The molecule has 2 aromatic rings. The minimum absolute atomic E-state index is 0.0998. The fraction of sp³-hybridized carbons (Fsp3) is 0.214. The Hall–Kier alpha value is -1.66. The standard InChI is InChI=1S/C14H15O6PS/c1-17-12-9-11(20-21(16,18-2)19-3)14(22-12)13(15)10-7-5-4-6-8-10/h4-9H,1-3H3. The van der Waals surface area contributed by atoms with Crippen LogP contribution in [0.1, 0.15) is 15.2 Å². The molecule has 0 atom stereocenters. The lowest BCUT2D eigenvalue weighted by molar-refractivity contribution is 0.104. The molecule has 1 aromatic carbocycles. The van der Waals surface area contributed by atoms with Crippen molar-refractivity contribution in [3.8, 4) is 10.8 Å². The van der Waals surface area contributed by atoms with Gasteiger partial charge in [0.05, 0.1) is 7.11 Å². The minimum atomic E-state index is -3.76. The molecule has 6 nitrogen and oxygen atoms in total. The molecule has 2 rings (SSSR count). The van der Waals surface area contributed by atoms with Gasteiger partial charge in [-0.25, -0.2) is 4.57 Å². The van der Waals surface area contributed by atoms with Gasteiger partial charge in [-0.1, -0.05) is 41.7 Å². The van der Waals surface area contributed by atoms with Gasteiger partial charge in [-0.05, 0) is 0 Å². The summed E-state index contributed by atoms with van der Waals surface area (Å²) in [5, 5.41) is 0.452. The van der Waals surface area contributed by atoms with Gasteiger partial charge in [0, 0.05) is 25.8 Å².